The van der Waals surface area contributed by atoms with E-state index in [4.69, 9.17) is 10.5 Å². The maximum atomic E-state index is 12.2. The Morgan fingerprint density at radius 1 is 0.941 bits per heavy atom. The third kappa shape index (κ3) is 4.97. The number of ether oxygens (including phenoxy) is 1. The second kappa shape index (κ2) is 6.48. The Morgan fingerprint density at radius 2 is 1.59 bits per heavy atom. The highest BCUT2D eigenvalue weighted by atomic mass is 19.1. The molecule has 2 rings (SSSR count). The van der Waals surface area contributed by atoms with Gasteiger partial charge in [-0.05, 0) is 42.5 Å². The number of benzene rings is 2. The molecular formula is C13H13F2NO. The van der Waals surface area contributed by atoms with Crippen molar-refractivity contribution >= 4 is 5.69 Å². The van der Waals surface area contributed by atoms with Crippen molar-refractivity contribution in [2.45, 2.75) is 0 Å². The van der Waals surface area contributed by atoms with Gasteiger partial charge >= 0.3 is 0 Å². The fourth-order valence-electron chi connectivity index (χ4n) is 1.08. The first-order valence-electron chi connectivity index (χ1n) is 4.92. The van der Waals surface area contributed by atoms with Gasteiger partial charge < -0.3 is 10.5 Å². The lowest BCUT2D eigenvalue weighted by molar-refractivity contribution is 0.413. The largest absolute Gasteiger partial charge is 0.497 e. The highest BCUT2D eigenvalue weighted by Crippen LogP contribution is 2.09. The van der Waals surface area contributed by atoms with Gasteiger partial charge in [0.2, 0.25) is 0 Å². The van der Waals surface area contributed by atoms with Crippen LogP contribution in [0.3, 0.4) is 0 Å². The van der Waals surface area contributed by atoms with Gasteiger partial charge in [0.25, 0.3) is 0 Å². The van der Waals surface area contributed by atoms with E-state index in [1.807, 2.05) is 0 Å². The van der Waals surface area contributed by atoms with Gasteiger partial charge in [0.15, 0.2) is 0 Å². The van der Waals surface area contributed by atoms with Gasteiger partial charge in [-0.15, -0.1) is 0 Å². The summed E-state index contributed by atoms with van der Waals surface area (Å²) in [4.78, 5) is 0. The van der Waals surface area contributed by atoms with Crippen LogP contribution in [-0.2, 0) is 0 Å². The molecule has 0 saturated heterocycles. The molecule has 0 unspecified atom stereocenters. The minimum absolute atomic E-state index is 0.240. The van der Waals surface area contributed by atoms with E-state index in [-0.39, 0.29) is 11.6 Å². The quantitative estimate of drug-likeness (QED) is 0.773. The highest BCUT2D eigenvalue weighted by molar-refractivity contribution is 5.36. The summed E-state index contributed by atoms with van der Waals surface area (Å²) in [6, 6.07) is 11.7. The lowest BCUT2D eigenvalue weighted by atomic mass is 10.3. The molecule has 0 aliphatic heterocycles. The summed E-state index contributed by atoms with van der Waals surface area (Å²) >= 11 is 0. The van der Waals surface area contributed by atoms with Crippen LogP contribution in [0.2, 0.25) is 0 Å². The standard InChI is InChI=1S/C7H7FO.C6H6FN/c1-9-7-4-2-6(8)3-5-7;7-5-2-1-3-6(8)4-5/h2-5H,1H3;1-4H,8H2. The monoisotopic (exact) mass is 237 g/mol. The van der Waals surface area contributed by atoms with Crippen molar-refractivity contribution in [2.24, 2.45) is 0 Å². The summed E-state index contributed by atoms with van der Waals surface area (Å²) in [6.07, 6.45) is 0. The molecule has 2 aromatic carbocycles. The summed E-state index contributed by atoms with van der Waals surface area (Å²) in [5, 5.41) is 0. The van der Waals surface area contributed by atoms with Crippen molar-refractivity contribution < 1.29 is 13.5 Å². The lowest BCUT2D eigenvalue weighted by Crippen LogP contribution is -1.83. The van der Waals surface area contributed by atoms with Crippen LogP contribution in [0.4, 0.5) is 14.5 Å². The van der Waals surface area contributed by atoms with Crippen molar-refractivity contribution in [2.75, 3.05) is 12.8 Å². The third-order valence-electron chi connectivity index (χ3n) is 1.90. The van der Waals surface area contributed by atoms with Crippen LogP contribution in [0.5, 0.6) is 5.75 Å². The molecule has 4 heteroatoms. The van der Waals surface area contributed by atoms with Crippen LogP contribution in [0.1, 0.15) is 0 Å². The Labute approximate surface area is 98.6 Å². The summed E-state index contributed by atoms with van der Waals surface area (Å²) in [7, 11) is 1.55. The molecule has 0 atom stereocenters. The summed E-state index contributed by atoms with van der Waals surface area (Å²) < 4.78 is 29.1. The van der Waals surface area contributed by atoms with Crippen LogP contribution < -0.4 is 10.5 Å². The summed E-state index contributed by atoms with van der Waals surface area (Å²) in [6.45, 7) is 0. The van der Waals surface area contributed by atoms with Gasteiger partial charge in [-0.25, -0.2) is 8.78 Å². The molecule has 0 heterocycles. The third-order valence-corrected chi connectivity index (χ3v) is 1.90. The van der Waals surface area contributed by atoms with Gasteiger partial charge in [-0.2, -0.15) is 0 Å². The van der Waals surface area contributed by atoms with Crippen LogP contribution in [0, 0.1) is 11.6 Å². The topological polar surface area (TPSA) is 35.2 Å². The number of anilines is 1. The van der Waals surface area contributed by atoms with E-state index < -0.39 is 0 Å². The van der Waals surface area contributed by atoms with E-state index in [1.54, 1.807) is 31.4 Å². The number of hydrogen-bond donors (Lipinski definition) is 1. The van der Waals surface area contributed by atoms with Gasteiger partial charge in [0.1, 0.15) is 17.4 Å². The molecule has 0 fully saturated rings. The molecule has 0 aliphatic rings. The molecular weight excluding hydrogens is 224 g/mol. The molecule has 17 heavy (non-hydrogen) atoms. The predicted molar refractivity (Wildman–Crippen MR) is 63.8 cm³/mol. The molecule has 2 nitrogen and oxygen atoms in total. The minimum atomic E-state index is -0.287. The normalized spacial score (nSPS) is 9.12. The zero-order valence-electron chi connectivity index (χ0n) is 9.36. The van der Waals surface area contributed by atoms with Gasteiger partial charge in [-0.3, -0.25) is 0 Å². The number of rotatable bonds is 1. The molecule has 0 aromatic heterocycles. The average Bonchev–Trinajstić information content (AvgIpc) is 2.30. The zero-order chi connectivity index (χ0) is 12.7. The van der Waals surface area contributed by atoms with E-state index >= 15 is 0 Å². The molecule has 0 saturated carbocycles. The van der Waals surface area contributed by atoms with E-state index in [0.717, 1.165) is 0 Å². The maximum absolute atomic E-state index is 12.2. The van der Waals surface area contributed by atoms with Crippen LogP contribution >= 0.6 is 0 Å². The fraction of sp³-hybridized carbons (Fsp3) is 0.0769. The number of halogens is 2. The molecule has 0 amide bonds. The van der Waals surface area contributed by atoms with E-state index in [2.05, 4.69) is 0 Å². The van der Waals surface area contributed by atoms with E-state index in [9.17, 15) is 8.78 Å². The van der Waals surface area contributed by atoms with Crippen molar-refractivity contribution in [3.8, 4) is 5.75 Å². The van der Waals surface area contributed by atoms with Crippen molar-refractivity contribution in [1.29, 1.82) is 0 Å². The van der Waals surface area contributed by atoms with Crippen LogP contribution in [0.15, 0.2) is 48.5 Å². The molecule has 2 N–H and O–H groups in total. The number of methoxy groups -OCH3 is 1. The average molecular weight is 237 g/mol. The molecule has 2 aromatic rings. The number of nitrogen functional groups attached to an aromatic ring is 1. The Kier molecular flexibility index (Phi) is 4.94. The van der Waals surface area contributed by atoms with E-state index in [1.165, 1.54) is 24.3 Å². The maximum Gasteiger partial charge on any atom is 0.125 e. The summed E-state index contributed by atoms with van der Waals surface area (Å²) in [5.41, 5.74) is 5.68. The first-order chi connectivity index (χ1) is 8.11. The SMILES string of the molecule is COc1ccc(F)cc1.Nc1cccc(F)c1. The second-order valence-electron chi connectivity index (χ2n) is 3.21. The molecule has 0 radical (unpaired) electrons. The molecule has 90 valence electrons. The molecule has 0 aliphatic carbocycles. The molecule has 0 spiro atoms. The van der Waals surface area contributed by atoms with Crippen LogP contribution in [0.25, 0.3) is 0 Å². The zero-order valence-corrected chi connectivity index (χ0v) is 9.36. The first kappa shape index (κ1) is 13.0. The van der Waals surface area contributed by atoms with Crippen molar-refractivity contribution in [1.82, 2.24) is 0 Å². The minimum Gasteiger partial charge on any atom is -0.497 e. The fourth-order valence-corrected chi connectivity index (χ4v) is 1.08. The highest BCUT2D eigenvalue weighted by Gasteiger charge is 1.88. The Balaban J connectivity index is 0.000000171. The number of nitrogens with two attached hydrogens (primary N) is 1. The van der Waals surface area contributed by atoms with Crippen molar-refractivity contribution in [3.05, 3.63) is 60.2 Å². The van der Waals surface area contributed by atoms with E-state index in [0.29, 0.717) is 11.4 Å². The Morgan fingerprint density at radius 3 is 2.00 bits per heavy atom. The van der Waals surface area contributed by atoms with Gasteiger partial charge in [0, 0.05) is 5.69 Å². The molecule has 0 bridgehead atoms. The smallest absolute Gasteiger partial charge is 0.125 e. The Hall–Kier alpha value is -2.10. The van der Waals surface area contributed by atoms with Crippen molar-refractivity contribution in [3.63, 3.8) is 0 Å². The van der Waals surface area contributed by atoms with Crippen LogP contribution in [-0.4, -0.2) is 7.11 Å². The Bertz CT molecular complexity index is 440. The van der Waals surface area contributed by atoms with Gasteiger partial charge in [0.05, 0.1) is 7.11 Å². The second-order valence-corrected chi connectivity index (χ2v) is 3.21. The lowest BCUT2D eigenvalue weighted by Gasteiger charge is -1.95. The predicted octanol–water partition coefficient (Wildman–Crippen LogP) is 3.24. The number of hydrogen-bond acceptors (Lipinski definition) is 2. The van der Waals surface area contributed by atoms with Gasteiger partial charge in [-0.1, -0.05) is 6.07 Å². The summed E-state index contributed by atoms with van der Waals surface area (Å²) in [5.74, 6) is 0.150. The first-order valence-corrected chi connectivity index (χ1v) is 4.92.